The molecule has 0 saturated carbocycles. The van der Waals surface area contributed by atoms with Crippen molar-refractivity contribution < 1.29 is 14.3 Å². The van der Waals surface area contributed by atoms with Crippen LogP contribution in [0.1, 0.15) is 27.2 Å². The first-order valence-corrected chi connectivity index (χ1v) is 8.95. The number of ether oxygens (including phenoxy) is 2. The molecule has 1 aromatic heterocycles. The van der Waals surface area contributed by atoms with Gasteiger partial charge in [-0.05, 0) is 30.2 Å². The van der Waals surface area contributed by atoms with Gasteiger partial charge in [0.2, 0.25) is 6.79 Å². The molecule has 2 N–H and O–H groups in total. The van der Waals surface area contributed by atoms with Crippen molar-refractivity contribution in [3.05, 3.63) is 77.2 Å². The van der Waals surface area contributed by atoms with Crippen LogP contribution in [-0.2, 0) is 13.1 Å². The molecule has 3 aromatic rings. The van der Waals surface area contributed by atoms with Crippen LogP contribution >= 0.6 is 0 Å². The average molecular weight is 376 g/mol. The van der Waals surface area contributed by atoms with Crippen molar-refractivity contribution in [1.29, 1.82) is 0 Å². The van der Waals surface area contributed by atoms with Crippen LogP contribution in [0.5, 0.6) is 11.5 Å². The summed E-state index contributed by atoms with van der Waals surface area (Å²) < 4.78 is 10.7. The summed E-state index contributed by atoms with van der Waals surface area (Å²) in [5.41, 5.74) is 3.56. The molecule has 7 nitrogen and oxygen atoms in total. The maximum absolute atomic E-state index is 12.4. The van der Waals surface area contributed by atoms with Crippen molar-refractivity contribution in [1.82, 2.24) is 15.3 Å². The number of nitrogens with zero attached hydrogens (tertiary/aromatic N) is 2. The van der Waals surface area contributed by atoms with Crippen LogP contribution < -0.4 is 20.1 Å². The Morgan fingerprint density at radius 3 is 2.61 bits per heavy atom. The number of anilines is 1. The van der Waals surface area contributed by atoms with Crippen LogP contribution in [0.2, 0.25) is 0 Å². The third kappa shape index (κ3) is 4.20. The van der Waals surface area contributed by atoms with E-state index >= 15 is 0 Å². The fraction of sp³-hybridized carbons (Fsp3) is 0.190. The maximum atomic E-state index is 12.4. The highest BCUT2D eigenvalue weighted by Gasteiger charge is 2.13. The minimum absolute atomic E-state index is 0.242. The summed E-state index contributed by atoms with van der Waals surface area (Å²) in [6, 6.07) is 15.4. The summed E-state index contributed by atoms with van der Waals surface area (Å²) in [6.45, 7) is 3.27. The highest BCUT2D eigenvalue weighted by atomic mass is 16.7. The molecule has 1 aliphatic heterocycles. The number of hydrogen-bond acceptors (Lipinski definition) is 6. The highest BCUT2D eigenvalue weighted by Crippen LogP contribution is 2.32. The Labute approximate surface area is 162 Å². The summed E-state index contributed by atoms with van der Waals surface area (Å²) in [7, 11) is 0. The molecule has 0 aliphatic carbocycles. The van der Waals surface area contributed by atoms with Gasteiger partial charge in [0.15, 0.2) is 11.5 Å². The molecule has 28 heavy (non-hydrogen) atoms. The molecule has 7 heteroatoms. The lowest BCUT2D eigenvalue weighted by Crippen LogP contribution is -2.24. The second-order valence-corrected chi connectivity index (χ2v) is 6.50. The monoisotopic (exact) mass is 376 g/mol. The molecular weight excluding hydrogens is 356 g/mol. The van der Waals surface area contributed by atoms with Crippen LogP contribution in [0.3, 0.4) is 0 Å². The largest absolute Gasteiger partial charge is 0.454 e. The van der Waals surface area contributed by atoms with Crippen molar-refractivity contribution in [2.24, 2.45) is 0 Å². The van der Waals surface area contributed by atoms with E-state index in [0.717, 1.165) is 22.6 Å². The molecule has 0 atom stereocenters. The van der Waals surface area contributed by atoms with E-state index in [1.54, 1.807) is 6.07 Å². The van der Waals surface area contributed by atoms with E-state index in [9.17, 15) is 4.79 Å². The van der Waals surface area contributed by atoms with Crippen molar-refractivity contribution >= 4 is 11.7 Å². The third-order valence-corrected chi connectivity index (χ3v) is 4.38. The summed E-state index contributed by atoms with van der Waals surface area (Å²) in [5, 5.41) is 6.08. The molecule has 142 valence electrons. The Bertz CT molecular complexity index is 989. The van der Waals surface area contributed by atoms with Gasteiger partial charge in [-0.1, -0.05) is 35.9 Å². The number of nitrogens with one attached hydrogen (secondary N) is 2. The Balaban J connectivity index is 1.35. The van der Waals surface area contributed by atoms with Gasteiger partial charge in [0.05, 0.1) is 0 Å². The van der Waals surface area contributed by atoms with E-state index in [1.165, 1.54) is 11.9 Å². The molecule has 0 bridgehead atoms. The molecule has 4 rings (SSSR count). The Morgan fingerprint density at radius 2 is 1.75 bits per heavy atom. The minimum Gasteiger partial charge on any atom is -0.454 e. The number of benzene rings is 2. The van der Waals surface area contributed by atoms with Gasteiger partial charge in [-0.15, -0.1) is 0 Å². The second-order valence-electron chi connectivity index (χ2n) is 6.50. The van der Waals surface area contributed by atoms with Gasteiger partial charge in [-0.2, -0.15) is 0 Å². The number of rotatable bonds is 6. The first-order valence-electron chi connectivity index (χ1n) is 8.95. The summed E-state index contributed by atoms with van der Waals surface area (Å²) in [4.78, 5) is 20.6. The molecule has 2 aromatic carbocycles. The lowest BCUT2D eigenvalue weighted by atomic mass is 10.1. The van der Waals surface area contributed by atoms with E-state index in [4.69, 9.17) is 9.47 Å². The maximum Gasteiger partial charge on any atom is 0.270 e. The SMILES string of the molecule is Cc1ccc(CNC(=O)c2cc(NCc3ccc4c(c3)OCO4)ncn2)cc1. The number of aryl methyl sites for hydroxylation is 1. The predicted octanol–water partition coefficient (Wildman–Crippen LogP) is 3.06. The normalized spacial score (nSPS) is 11.9. The number of aromatic nitrogens is 2. The van der Waals surface area contributed by atoms with E-state index in [-0.39, 0.29) is 12.7 Å². The number of carbonyl (C=O) groups is 1. The van der Waals surface area contributed by atoms with Gasteiger partial charge in [-0.25, -0.2) is 9.97 Å². The predicted molar refractivity (Wildman–Crippen MR) is 104 cm³/mol. The first kappa shape index (κ1) is 17.8. The highest BCUT2D eigenvalue weighted by molar-refractivity contribution is 5.92. The van der Waals surface area contributed by atoms with Crippen molar-refractivity contribution in [3.8, 4) is 11.5 Å². The van der Waals surface area contributed by atoms with Crippen LogP contribution in [0.25, 0.3) is 0 Å². The second kappa shape index (κ2) is 7.96. The zero-order valence-corrected chi connectivity index (χ0v) is 15.4. The molecule has 0 unspecified atom stereocenters. The van der Waals surface area contributed by atoms with E-state index in [1.807, 2.05) is 49.4 Å². The van der Waals surface area contributed by atoms with E-state index < -0.39 is 0 Å². The van der Waals surface area contributed by atoms with Gasteiger partial charge in [0.1, 0.15) is 17.8 Å². The van der Waals surface area contributed by atoms with Gasteiger partial charge in [0, 0.05) is 19.2 Å². The Morgan fingerprint density at radius 1 is 0.964 bits per heavy atom. The molecule has 0 saturated heterocycles. The Hall–Kier alpha value is -3.61. The summed E-state index contributed by atoms with van der Waals surface area (Å²) >= 11 is 0. The third-order valence-electron chi connectivity index (χ3n) is 4.38. The lowest BCUT2D eigenvalue weighted by molar-refractivity contribution is 0.0945. The molecular formula is C21H20N4O3. The number of fused-ring (bicyclic) bond motifs is 1. The molecule has 1 amide bonds. The molecule has 0 radical (unpaired) electrons. The van der Waals surface area contributed by atoms with Crippen LogP contribution in [0.15, 0.2) is 54.9 Å². The van der Waals surface area contributed by atoms with Crippen LogP contribution in [0.4, 0.5) is 5.82 Å². The number of hydrogen-bond donors (Lipinski definition) is 2. The molecule has 1 aliphatic rings. The van der Waals surface area contributed by atoms with Gasteiger partial charge < -0.3 is 20.1 Å². The molecule has 0 fully saturated rings. The van der Waals surface area contributed by atoms with Gasteiger partial charge >= 0.3 is 0 Å². The standard InChI is InChI=1S/C21H20N4O3/c1-14-2-4-15(5-3-14)10-23-21(26)17-9-20(25-12-24-17)22-11-16-6-7-18-19(8-16)28-13-27-18/h2-9,12H,10-11,13H2,1H3,(H,23,26)(H,22,24,25). The number of amides is 1. The average Bonchev–Trinajstić information content (AvgIpc) is 3.20. The van der Waals surface area contributed by atoms with Gasteiger partial charge in [-0.3, -0.25) is 4.79 Å². The lowest BCUT2D eigenvalue weighted by Gasteiger charge is -2.08. The topological polar surface area (TPSA) is 85.4 Å². The molecule has 0 spiro atoms. The Kier molecular flexibility index (Phi) is 5.05. The van der Waals surface area contributed by atoms with Crippen LogP contribution in [-0.4, -0.2) is 22.7 Å². The van der Waals surface area contributed by atoms with Crippen molar-refractivity contribution in [2.45, 2.75) is 20.0 Å². The van der Waals surface area contributed by atoms with E-state index in [0.29, 0.717) is 24.6 Å². The zero-order valence-electron chi connectivity index (χ0n) is 15.4. The minimum atomic E-state index is -0.242. The molecule has 2 heterocycles. The van der Waals surface area contributed by atoms with Crippen LogP contribution in [0, 0.1) is 6.92 Å². The number of carbonyl (C=O) groups excluding carboxylic acids is 1. The fourth-order valence-corrected chi connectivity index (χ4v) is 2.80. The summed E-state index contributed by atoms with van der Waals surface area (Å²) in [6.07, 6.45) is 1.38. The van der Waals surface area contributed by atoms with E-state index in [2.05, 4.69) is 20.6 Å². The quantitative estimate of drug-likeness (QED) is 0.688. The first-order chi connectivity index (χ1) is 13.7. The zero-order chi connectivity index (χ0) is 19.3. The van der Waals surface area contributed by atoms with Crippen molar-refractivity contribution in [2.75, 3.05) is 12.1 Å². The van der Waals surface area contributed by atoms with Gasteiger partial charge in [0.25, 0.3) is 5.91 Å². The summed E-state index contributed by atoms with van der Waals surface area (Å²) in [5.74, 6) is 1.82. The smallest absolute Gasteiger partial charge is 0.270 e. The fourth-order valence-electron chi connectivity index (χ4n) is 2.80. The van der Waals surface area contributed by atoms with Crippen molar-refractivity contribution in [3.63, 3.8) is 0 Å².